The van der Waals surface area contributed by atoms with Crippen molar-refractivity contribution in [1.29, 1.82) is 0 Å². The number of hydrogen-bond acceptors (Lipinski definition) is 4. The van der Waals surface area contributed by atoms with Crippen LogP contribution in [0.4, 0.5) is 5.69 Å². The van der Waals surface area contributed by atoms with Crippen molar-refractivity contribution in [2.45, 2.75) is 64.1 Å². The van der Waals surface area contributed by atoms with Crippen LogP contribution in [0.15, 0.2) is 67.3 Å². The van der Waals surface area contributed by atoms with Crippen LogP contribution in [0.5, 0.6) is 5.75 Å². The third-order valence-electron chi connectivity index (χ3n) is 5.93. The highest BCUT2D eigenvalue weighted by Gasteiger charge is 2.39. The predicted octanol–water partition coefficient (Wildman–Crippen LogP) is 6.66. The van der Waals surface area contributed by atoms with Crippen LogP contribution in [0.25, 0.3) is 0 Å². The fraction of sp³-hybridized carbons (Fsp3) is 0.462. The Morgan fingerprint density at radius 2 is 1.68 bits per heavy atom. The van der Waals surface area contributed by atoms with Crippen LogP contribution in [0, 0.1) is 0 Å². The molecule has 0 unspecified atom stereocenters. The predicted molar refractivity (Wildman–Crippen MR) is 133 cm³/mol. The van der Waals surface area contributed by atoms with E-state index in [-0.39, 0.29) is 17.2 Å². The zero-order valence-corrected chi connectivity index (χ0v) is 21.0. The van der Waals surface area contributed by atoms with E-state index in [0.717, 1.165) is 23.4 Å². The van der Waals surface area contributed by atoms with Gasteiger partial charge in [-0.15, -0.1) is 6.58 Å². The molecule has 0 bridgehead atoms. The van der Waals surface area contributed by atoms with E-state index in [1.807, 2.05) is 48.5 Å². The molecule has 0 heterocycles. The van der Waals surface area contributed by atoms with Crippen molar-refractivity contribution in [2.75, 3.05) is 19.0 Å². The van der Waals surface area contributed by atoms with Gasteiger partial charge in [-0.1, -0.05) is 57.2 Å². The van der Waals surface area contributed by atoms with Gasteiger partial charge in [-0.2, -0.15) is 0 Å². The Balaban J connectivity index is 2.04. The van der Waals surface area contributed by atoms with E-state index in [1.54, 1.807) is 7.11 Å². The molecule has 170 valence electrons. The van der Waals surface area contributed by atoms with E-state index >= 15 is 0 Å². The third kappa shape index (κ3) is 8.17. The lowest BCUT2D eigenvalue weighted by Crippen LogP contribution is -2.46. The second-order valence-electron chi connectivity index (χ2n) is 9.45. The Hall–Kier alpha value is -2.08. The number of anilines is 1. The van der Waals surface area contributed by atoms with Gasteiger partial charge in [-0.25, -0.2) is 0 Å². The van der Waals surface area contributed by atoms with Gasteiger partial charge < -0.3 is 19.2 Å². The molecular weight excluding hydrogens is 402 g/mol. The molecule has 2 aromatic carbocycles. The van der Waals surface area contributed by atoms with E-state index in [4.69, 9.17) is 13.9 Å². The Labute approximate surface area is 189 Å². The van der Waals surface area contributed by atoms with Gasteiger partial charge >= 0.3 is 0 Å². The van der Waals surface area contributed by atoms with Crippen molar-refractivity contribution in [3.63, 3.8) is 0 Å². The van der Waals surface area contributed by atoms with Crippen molar-refractivity contribution >= 4 is 14.0 Å². The molecule has 2 atom stereocenters. The Bertz CT molecular complexity index is 785. The van der Waals surface area contributed by atoms with Crippen LogP contribution < -0.4 is 10.1 Å². The van der Waals surface area contributed by atoms with Gasteiger partial charge in [-0.05, 0) is 54.4 Å². The maximum atomic E-state index is 6.75. The van der Waals surface area contributed by atoms with E-state index in [9.17, 15) is 0 Å². The van der Waals surface area contributed by atoms with Gasteiger partial charge in [0.05, 0.1) is 26.4 Å². The highest BCUT2D eigenvalue weighted by Crippen LogP contribution is 2.38. The van der Waals surface area contributed by atoms with Crippen molar-refractivity contribution in [3.8, 4) is 5.75 Å². The van der Waals surface area contributed by atoms with Gasteiger partial charge in [-0.3, -0.25) is 0 Å². The molecule has 31 heavy (non-hydrogen) atoms. The highest BCUT2D eigenvalue weighted by molar-refractivity contribution is 6.74. The molecule has 0 radical (unpaired) electrons. The molecular formula is C26H39NO3Si. The zero-order chi connectivity index (χ0) is 22.9. The molecule has 4 nitrogen and oxygen atoms in total. The monoisotopic (exact) mass is 441 g/mol. The Morgan fingerprint density at radius 3 is 2.23 bits per heavy atom. The molecule has 0 saturated heterocycles. The minimum Gasteiger partial charge on any atom is -0.497 e. The van der Waals surface area contributed by atoms with Crippen molar-refractivity contribution in [1.82, 2.24) is 0 Å². The van der Waals surface area contributed by atoms with Crippen molar-refractivity contribution in [2.24, 2.45) is 0 Å². The number of ether oxygens (including phenoxy) is 2. The van der Waals surface area contributed by atoms with Gasteiger partial charge in [0.15, 0.2) is 8.32 Å². The third-order valence-corrected chi connectivity index (χ3v) is 10.5. The summed E-state index contributed by atoms with van der Waals surface area (Å²) in [6.07, 6.45) is 2.74. The maximum absolute atomic E-state index is 6.75. The first-order valence-corrected chi connectivity index (χ1v) is 13.9. The van der Waals surface area contributed by atoms with Crippen LogP contribution in [-0.4, -0.2) is 34.2 Å². The maximum Gasteiger partial charge on any atom is 0.192 e. The molecule has 0 aliphatic carbocycles. The lowest BCUT2D eigenvalue weighted by molar-refractivity contribution is 0.0299. The number of methoxy groups -OCH3 is 1. The molecule has 0 aromatic heterocycles. The summed E-state index contributed by atoms with van der Waals surface area (Å²) >= 11 is 0. The van der Waals surface area contributed by atoms with Crippen LogP contribution in [0.3, 0.4) is 0 Å². The summed E-state index contributed by atoms with van der Waals surface area (Å²) in [5.41, 5.74) is 2.20. The molecule has 0 aliphatic rings. The standard InChI is InChI=1S/C26H39NO3Si/c1-8-22(27-23-12-10-9-11-13-23)18-25(30-31(6,7)26(2,3)4)20-29-19-21-14-16-24(28-5)17-15-21/h8-17,22,25,27H,1,18-20H2,2-7H3/t22-,25+/m0/s1. The molecule has 0 saturated carbocycles. The second kappa shape index (κ2) is 11.5. The van der Waals surface area contributed by atoms with E-state index < -0.39 is 8.32 Å². The second-order valence-corrected chi connectivity index (χ2v) is 14.2. The van der Waals surface area contributed by atoms with E-state index in [0.29, 0.717) is 13.2 Å². The molecule has 0 amide bonds. The minimum atomic E-state index is -1.94. The molecule has 0 fully saturated rings. The summed E-state index contributed by atoms with van der Waals surface area (Å²) in [6, 6.07) is 18.3. The molecule has 0 aliphatic heterocycles. The average molecular weight is 442 g/mol. The Morgan fingerprint density at radius 1 is 1.03 bits per heavy atom. The topological polar surface area (TPSA) is 39.7 Å². The first kappa shape index (κ1) is 25.2. The number of benzene rings is 2. The number of hydrogen-bond donors (Lipinski definition) is 1. The summed E-state index contributed by atoms with van der Waals surface area (Å²) in [5, 5.41) is 3.69. The van der Waals surface area contributed by atoms with Gasteiger partial charge in [0.25, 0.3) is 0 Å². The fourth-order valence-electron chi connectivity index (χ4n) is 3.02. The summed E-state index contributed by atoms with van der Waals surface area (Å²) in [5.74, 6) is 0.851. The number of nitrogens with one attached hydrogen (secondary N) is 1. The smallest absolute Gasteiger partial charge is 0.192 e. The summed E-state index contributed by atoms with van der Waals surface area (Å²) in [4.78, 5) is 0. The van der Waals surface area contributed by atoms with E-state index in [1.165, 1.54) is 0 Å². The van der Waals surface area contributed by atoms with Crippen LogP contribution in [-0.2, 0) is 15.8 Å². The van der Waals surface area contributed by atoms with Crippen molar-refractivity contribution in [3.05, 3.63) is 72.8 Å². The van der Waals surface area contributed by atoms with E-state index in [2.05, 4.69) is 57.9 Å². The molecule has 2 aromatic rings. The first-order valence-electron chi connectivity index (χ1n) is 11.0. The summed E-state index contributed by atoms with van der Waals surface area (Å²) < 4.78 is 18.1. The van der Waals surface area contributed by atoms with Gasteiger partial charge in [0, 0.05) is 11.7 Å². The van der Waals surface area contributed by atoms with Gasteiger partial charge in [0.2, 0.25) is 0 Å². The number of rotatable bonds is 12. The van der Waals surface area contributed by atoms with Gasteiger partial charge in [0.1, 0.15) is 5.75 Å². The van der Waals surface area contributed by atoms with Crippen LogP contribution in [0.1, 0.15) is 32.8 Å². The summed E-state index contributed by atoms with van der Waals surface area (Å²) in [7, 11) is -0.265. The fourth-order valence-corrected chi connectivity index (χ4v) is 4.37. The largest absolute Gasteiger partial charge is 0.497 e. The lowest BCUT2D eigenvalue weighted by atomic mass is 10.1. The number of para-hydroxylation sites is 1. The SMILES string of the molecule is C=C[C@@H](C[C@H](COCc1ccc(OC)cc1)O[Si](C)(C)C(C)(C)C)Nc1ccccc1. The average Bonchev–Trinajstić information content (AvgIpc) is 2.73. The first-order chi connectivity index (χ1) is 14.6. The van der Waals surface area contributed by atoms with Crippen LogP contribution in [0.2, 0.25) is 18.1 Å². The quantitative estimate of drug-likeness (QED) is 0.295. The normalized spacial score (nSPS) is 14.0. The molecule has 1 N–H and O–H groups in total. The minimum absolute atomic E-state index is 0.0154. The molecule has 5 heteroatoms. The molecule has 2 rings (SSSR count). The Kier molecular flexibility index (Phi) is 9.35. The summed E-state index contributed by atoms with van der Waals surface area (Å²) in [6.45, 7) is 16.5. The highest BCUT2D eigenvalue weighted by atomic mass is 28.4. The zero-order valence-electron chi connectivity index (χ0n) is 20.0. The van der Waals surface area contributed by atoms with Crippen molar-refractivity contribution < 1.29 is 13.9 Å². The lowest BCUT2D eigenvalue weighted by Gasteiger charge is -2.40. The van der Waals surface area contributed by atoms with Crippen LogP contribution >= 0.6 is 0 Å². The molecule has 0 spiro atoms.